The Kier molecular flexibility index (Phi) is 5.37. The van der Waals surface area contributed by atoms with Gasteiger partial charge >= 0.3 is 0 Å². The molecule has 0 saturated heterocycles. The Morgan fingerprint density at radius 1 is 1.40 bits per heavy atom. The number of para-hydroxylation sites is 1. The summed E-state index contributed by atoms with van der Waals surface area (Å²) < 4.78 is 6.03. The lowest BCUT2D eigenvalue weighted by molar-refractivity contribution is 0.102. The maximum Gasteiger partial charge on any atom is 0.261 e. The van der Waals surface area contributed by atoms with Crippen molar-refractivity contribution in [3.63, 3.8) is 0 Å². The number of carbonyl (C=O) groups excluding carboxylic acids is 1. The van der Waals surface area contributed by atoms with Crippen LogP contribution in [0.15, 0.2) is 28.6 Å². The summed E-state index contributed by atoms with van der Waals surface area (Å²) in [6.07, 6.45) is 1.08. The molecule has 0 atom stereocenters. The minimum atomic E-state index is -0.245. The van der Waals surface area contributed by atoms with Crippen LogP contribution >= 0.6 is 23.1 Å². The Morgan fingerprint density at radius 2 is 2.20 bits per heavy atom. The average molecular weight is 309 g/mol. The van der Waals surface area contributed by atoms with Crippen LogP contribution in [-0.4, -0.2) is 29.0 Å². The van der Waals surface area contributed by atoms with E-state index in [0.29, 0.717) is 16.4 Å². The van der Waals surface area contributed by atoms with Crippen molar-refractivity contribution >= 4 is 34.1 Å². The number of hydrogen-bond donors (Lipinski definition) is 1. The lowest BCUT2D eigenvalue weighted by atomic mass is 10.2. The van der Waals surface area contributed by atoms with Gasteiger partial charge in [0, 0.05) is 5.75 Å². The number of thioether (sulfide) groups is 1. The molecule has 1 amide bonds. The van der Waals surface area contributed by atoms with Gasteiger partial charge in [0.1, 0.15) is 5.75 Å². The lowest BCUT2D eigenvalue weighted by Crippen LogP contribution is -2.12. The zero-order valence-corrected chi connectivity index (χ0v) is 12.9. The Hall–Kier alpha value is -1.60. The lowest BCUT2D eigenvalue weighted by Gasteiger charge is -2.06. The molecule has 0 unspecified atom stereocenters. The third kappa shape index (κ3) is 3.71. The second-order valence-corrected chi connectivity index (χ2v) is 6.20. The van der Waals surface area contributed by atoms with Crippen LogP contribution in [-0.2, 0) is 0 Å². The molecule has 0 aliphatic heterocycles. The molecular formula is C13H15N3O2S2. The molecule has 1 aromatic carbocycles. The van der Waals surface area contributed by atoms with E-state index in [1.54, 1.807) is 30.0 Å². The summed E-state index contributed by atoms with van der Waals surface area (Å²) in [7, 11) is 1.54. The number of methoxy groups -OCH3 is 1. The normalized spacial score (nSPS) is 10.3. The molecule has 5 nitrogen and oxygen atoms in total. The Bertz CT molecular complexity index is 587. The predicted octanol–water partition coefficient (Wildman–Crippen LogP) is 3.30. The molecule has 2 aromatic rings. The van der Waals surface area contributed by atoms with Crippen LogP contribution in [0.4, 0.5) is 5.13 Å². The van der Waals surface area contributed by atoms with Gasteiger partial charge in [-0.05, 0) is 18.6 Å². The zero-order valence-electron chi connectivity index (χ0n) is 11.3. The SMILES string of the molecule is CCCSc1nnc(NC(=O)c2ccccc2OC)s1. The molecule has 0 aliphatic rings. The Morgan fingerprint density at radius 3 is 2.95 bits per heavy atom. The summed E-state index contributed by atoms with van der Waals surface area (Å²) in [5.41, 5.74) is 0.480. The molecule has 20 heavy (non-hydrogen) atoms. The zero-order chi connectivity index (χ0) is 14.4. The van der Waals surface area contributed by atoms with Crippen molar-refractivity contribution in [2.75, 3.05) is 18.2 Å². The van der Waals surface area contributed by atoms with Crippen molar-refractivity contribution < 1.29 is 9.53 Å². The van der Waals surface area contributed by atoms with Crippen molar-refractivity contribution in [3.8, 4) is 5.75 Å². The highest BCUT2D eigenvalue weighted by molar-refractivity contribution is 8.01. The molecule has 7 heteroatoms. The molecular weight excluding hydrogens is 294 g/mol. The topological polar surface area (TPSA) is 64.1 Å². The second-order valence-electron chi connectivity index (χ2n) is 3.88. The van der Waals surface area contributed by atoms with Crippen LogP contribution in [0, 0.1) is 0 Å². The molecule has 1 heterocycles. The minimum absolute atomic E-state index is 0.245. The van der Waals surface area contributed by atoms with E-state index in [2.05, 4.69) is 22.4 Å². The van der Waals surface area contributed by atoms with Crippen LogP contribution in [0.25, 0.3) is 0 Å². The van der Waals surface area contributed by atoms with E-state index in [1.807, 2.05) is 6.07 Å². The maximum atomic E-state index is 12.2. The van der Waals surface area contributed by atoms with Crippen LogP contribution in [0.1, 0.15) is 23.7 Å². The number of hydrogen-bond acceptors (Lipinski definition) is 6. The van der Waals surface area contributed by atoms with Crippen LogP contribution in [0.3, 0.4) is 0 Å². The molecule has 0 saturated carbocycles. The van der Waals surface area contributed by atoms with Gasteiger partial charge in [-0.1, -0.05) is 42.2 Å². The number of rotatable bonds is 6. The summed E-state index contributed by atoms with van der Waals surface area (Å²) in [5.74, 6) is 1.29. The minimum Gasteiger partial charge on any atom is -0.496 e. The highest BCUT2D eigenvalue weighted by Gasteiger charge is 2.14. The number of nitrogens with one attached hydrogen (secondary N) is 1. The van der Waals surface area contributed by atoms with E-state index in [-0.39, 0.29) is 5.91 Å². The van der Waals surface area contributed by atoms with Crippen molar-refractivity contribution in [1.82, 2.24) is 10.2 Å². The van der Waals surface area contributed by atoms with E-state index >= 15 is 0 Å². The summed E-state index contributed by atoms with van der Waals surface area (Å²) >= 11 is 3.02. The molecule has 1 aromatic heterocycles. The monoisotopic (exact) mass is 309 g/mol. The van der Waals surface area contributed by atoms with Gasteiger partial charge in [0.25, 0.3) is 5.91 Å². The van der Waals surface area contributed by atoms with Gasteiger partial charge in [-0.2, -0.15) is 0 Å². The first-order valence-corrected chi connectivity index (χ1v) is 7.95. The van der Waals surface area contributed by atoms with Gasteiger partial charge in [-0.25, -0.2) is 0 Å². The van der Waals surface area contributed by atoms with Crippen molar-refractivity contribution in [2.45, 2.75) is 17.7 Å². The fourth-order valence-corrected chi connectivity index (χ4v) is 3.18. The molecule has 0 radical (unpaired) electrons. The predicted molar refractivity (Wildman–Crippen MR) is 81.9 cm³/mol. The van der Waals surface area contributed by atoms with Gasteiger partial charge in [-0.15, -0.1) is 10.2 Å². The fourth-order valence-electron chi connectivity index (χ4n) is 1.50. The van der Waals surface area contributed by atoms with Gasteiger partial charge in [0.15, 0.2) is 4.34 Å². The first kappa shape index (κ1) is 14.8. The van der Waals surface area contributed by atoms with E-state index in [9.17, 15) is 4.79 Å². The number of anilines is 1. The summed E-state index contributed by atoms with van der Waals surface area (Å²) in [6, 6.07) is 7.07. The summed E-state index contributed by atoms with van der Waals surface area (Å²) in [5, 5.41) is 11.2. The number of benzene rings is 1. The van der Waals surface area contributed by atoms with Crippen LogP contribution in [0.5, 0.6) is 5.75 Å². The number of ether oxygens (including phenoxy) is 1. The second kappa shape index (κ2) is 7.25. The standard InChI is InChI=1S/C13H15N3O2S2/c1-3-8-19-13-16-15-12(20-13)14-11(17)9-6-4-5-7-10(9)18-2/h4-7H,3,8H2,1-2H3,(H,14,15,17). The summed E-state index contributed by atoms with van der Waals surface area (Å²) in [6.45, 7) is 2.11. The summed E-state index contributed by atoms with van der Waals surface area (Å²) in [4.78, 5) is 12.2. The first-order chi connectivity index (χ1) is 9.74. The molecule has 0 fully saturated rings. The van der Waals surface area contributed by atoms with Gasteiger partial charge in [-0.3, -0.25) is 10.1 Å². The van der Waals surface area contributed by atoms with E-state index < -0.39 is 0 Å². The average Bonchev–Trinajstić information content (AvgIpc) is 2.92. The van der Waals surface area contributed by atoms with Gasteiger partial charge in [0.05, 0.1) is 12.7 Å². The van der Waals surface area contributed by atoms with Gasteiger partial charge in [0.2, 0.25) is 5.13 Å². The highest BCUT2D eigenvalue weighted by atomic mass is 32.2. The Balaban J connectivity index is 2.05. The highest BCUT2D eigenvalue weighted by Crippen LogP contribution is 2.27. The van der Waals surface area contributed by atoms with Crippen LogP contribution in [0.2, 0.25) is 0 Å². The molecule has 0 aliphatic carbocycles. The molecule has 106 valence electrons. The fraction of sp³-hybridized carbons (Fsp3) is 0.308. The van der Waals surface area contributed by atoms with E-state index in [1.165, 1.54) is 18.4 Å². The number of aromatic nitrogens is 2. The van der Waals surface area contributed by atoms with Gasteiger partial charge < -0.3 is 4.74 Å². The third-order valence-corrected chi connectivity index (χ3v) is 4.59. The quantitative estimate of drug-likeness (QED) is 0.655. The molecule has 0 bridgehead atoms. The maximum absolute atomic E-state index is 12.2. The molecule has 1 N–H and O–H groups in total. The smallest absolute Gasteiger partial charge is 0.261 e. The van der Waals surface area contributed by atoms with E-state index in [0.717, 1.165) is 16.5 Å². The van der Waals surface area contributed by atoms with E-state index in [4.69, 9.17) is 4.74 Å². The van der Waals surface area contributed by atoms with Crippen LogP contribution < -0.4 is 10.1 Å². The number of nitrogens with zero attached hydrogens (tertiary/aromatic N) is 2. The number of carbonyl (C=O) groups is 1. The third-order valence-electron chi connectivity index (χ3n) is 2.41. The largest absolute Gasteiger partial charge is 0.496 e. The van der Waals surface area contributed by atoms with Crippen molar-refractivity contribution in [1.29, 1.82) is 0 Å². The van der Waals surface area contributed by atoms with Crippen molar-refractivity contribution in [2.24, 2.45) is 0 Å². The molecule has 0 spiro atoms. The molecule has 2 rings (SSSR count). The van der Waals surface area contributed by atoms with Crippen molar-refractivity contribution in [3.05, 3.63) is 29.8 Å². The number of amides is 1. The Labute approximate surface area is 125 Å². The first-order valence-electron chi connectivity index (χ1n) is 6.15.